The van der Waals surface area contributed by atoms with E-state index in [1.807, 2.05) is 18.0 Å². The summed E-state index contributed by atoms with van der Waals surface area (Å²) in [6.45, 7) is 1.05. The summed E-state index contributed by atoms with van der Waals surface area (Å²) in [5.74, 6) is 0.422. The molecule has 5 nitrogen and oxygen atoms in total. The molecule has 0 fully saturated rings. The van der Waals surface area contributed by atoms with E-state index in [-0.39, 0.29) is 29.8 Å². The summed E-state index contributed by atoms with van der Waals surface area (Å²) in [4.78, 5) is 6.10. The number of benzene rings is 1. The van der Waals surface area contributed by atoms with Crippen molar-refractivity contribution in [2.24, 2.45) is 4.99 Å². The number of nitrogens with zero attached hydrogens (tertiary/aromatic N) is 3. The topological polar surface area (TPSA) is 53.7 Å². The lowest BCUT2D eigenvalue weighted by atomic mass is 10.2. The zero-order chi connectivity index (χ0) is 15.2. The van der Waals surface area contributed by atoms with Crippen LogP contribution in [0.3, 0.4) is 0 Å². The maximum atomic E-state index is 13.3. The Morgan fingerprint density at radius 2 is 2.23 bits per heavy atom. The molecule has 1 aromatic heterocycles. The van der Waals surface area contributed by atoms with Gasteiger partial charge in [0.25, 0.3) is 0 Å². The van der Waals surface area contributed by atoms with Crippen LogP contribution in [0.4, 0.5) is 4.39 Å². The molecule has 0 saturated carbocycles. The molecule has 0 spiro atoms. The van der Waals surface area contributed by atoms with Gasteiger partial charge < -0.3 is 14.7 Å². The average Bonchev–Trinajstić information content (AvgIpc) is 2.91. The molecule has 1 heterocycles. The minimum Gasteiger partial charge on any atom is -0.364 e. The summed E-state index contributed by atoms with van der Waals surface area (Å²) in [7, 11) is 3.59. The van der Waals surface area contributed by atoms with Crippen LogP contribution in [0.25, 0.3) is 0 Å². The first-order chi connectivity index (χ1) is 10.1. The van der Waals surface area contributed by atoms with Crippen LogP contribution in [-0.4, -0.2) is 30.1 Å². The molecule has 8 heteroatoms. The zero-order valence-corrected chi connectivity index (χ0v) is 16.1. The molecular weight excluding hydrogens is 466 g/mol. The van der Waals surface area contributed by atoms with E-state index in [4.69, 9.17) is 4.52 Å². The molecule has 2 rings (SSSR count). The fourth-order valence-corrected chi connectivity index (χ4v) is 2.43. The number of hydrogen-bond acceptors (Lipinski definition) is 3. The number of nitrogens with one attached hydrogen (secondary N) is 1. The van der Waals surface area contributed by atoms with Gasteiger partial charge in [-0.05, 0) is 23.8 Å². The number of rotatable bonds is 4. The summed E-state index contributed by atoms with van der Waals surface area (Å²) in [5, 5.41) is 7.04. The van der Waals surface area contributed by atoms with Gasteiger partial charge in [0.15, 0.2) is 5.96 Å². The zero-order valence-electron chi connectivity index (χ0n) is 12.2. The Morgan fingerprint density at radius 3 is 2.82 bits per heavy atom. The largest absolute Gasteiger partial charge is 0.364 e. The van der Waals surface area contributed by atoms with Crippen LogP contribution in [-0.2, 0) is 13.1 Å². The molecule has 0 bridgehead atoms. The minimum absolute atomic E-state index is 0. The molecule has 0 saturated heterocycles. The van der Waals surface area contributed by atoms with Gasteiger partial charge in [-0.25, -0.2) is 4.39 Å². The van der Waals surface area contributed by atoms with Crippen LogP contribution in [0.1, 0.15) is 11.3 Å². The van der Waals surface area contributed by atoms with Gasteiger partial charge in [0, 0.05) is 31.2 Å². The van der Waals surface area contributed by atoms with Crippen LogP contribution in [0.5, 0.6) is 0 Å². The number of guanidine groups is 1. The fourth-order valence-electron chi connectivity index (χ4n) is 1.92. The first-order valence-corrected chi connectivity index (χ1v) is 7.14. The monoisotopic (exact) mass is 482 g/mol. The number of halogens is 3. The Kier molecular flexibility index (Phi) is 7.80. The van der Waals surface area contributed by atoms with E-state index in [1.54, 1.807) is 13.1 Å². The van der Waals surface area contributed by atoms with Crippen molar-refractivity contribution in [3.8, 4) is 0 Å². The second kappa shape index (κ2) is 9.09. The first-order valence-electron chi connectivity index (χ1n) is 6.34. The second-order valence-electron chi connectivity index (χ2n) is 4.53. The third-order valence-corrected chi connectivity index (χ3v) is 3.29. The van der Waals surface area contributed by atoms with Crippen molar-refractivity contribution in [1.29, 1.82) is 0 Å². The van der Waals surface area contributed by atoms with E-state index in [0.29, 0.717) is 23.5 Å². The van der Waals surface area contributed by atoms with Gasteiger partial charge in [-0.15, -0.1) is 24.0 Å². The highest BCUT2D eigenvalue weighted by Gasteiger charge is 2.08. The molecular formula is C14H17BrFIN4O. The third kappa shape index (κ3) is 5.56. The van der Waals surface area contributed by atoms with Crippen molar-refractivity contribution < 1.29 is 8.91 Å². The van der Waals surface area contributed by atoms with E-state index in [2.05, 4.69) is 31.4 Å². The van der Waals surface area contributed by atoms with Crippen molar-refractivity contribution >= 4 is 45.9 Å². The average molecular weight is 483 g/mol. The van der Waals surface area contributed by atoms with Crippen LogP contribution in [0.2, 0.25) is 0 Å². The highest BCUT2D eigenvalue weighted by molar-refractivity contribution is 14.0. The number of hydrogen-bond donors (Lipinski definition) is 1. The summed E-state index contributed by atoms with van der Waals surface area (Å²) in [5.41, 5.74) is 1.65. The molecule has 0 aliphatic heterocycles. The van der Waals surface area contributed by atoms with Crippen molar-refractivity contribution in [1.82, 2.24) is 15.4 Å². The Morgan fingerprint density at radius 1 is 1.45 bits per heavy atom. The SMILES string of the molecule is CN=C(NCc1cc(F)cc(Br)c1)N(C)Cc1ccon1.I. The molecule has 0 aliphatic carbocycles. The minimum atomic E-state index is -0.271. The molecule has 0 atom stereocenters. The van der Waals surface area contributed by atoms with Crippen LogP contribution >= 0.6 is 39.9 Å². The molecule has 0 unspecified atom stereocenters. The van der Waals surface area contributed by atoms with Gasteiger partial charge in [-0.1, -0.05) is 21.1 Å². The number of aromatic nitrogens is 1. The van der Waals surface area contributed by atoms with Gasteiger partial charge in [0.1, 0.15) is 17.8 Å². The Hall–Kier alpha value is -1.16. The molecule has 0 amide bonds. The lowest BCUT2D eigenvalue weighted by molar-refractivity contribution is 0.391. The molecule has 1 N–H and O–H groups in total. The first kappa shape index (κ1) is 18.9. The molecule has 0 aliphatic rings. The van der Waals surface area contributed by atoms with E-state index in [9.17, 15) is 4.39 Å². The normalized spacial score (nSPS) is 11.0. The van der Waals surface area contributed by atoms with Gasteiger partial charge in [0.05, 0.1) is 6.54 Å². The van der Waals surface area contributed by atoms with Crippen LogP contribution in [0.15, 0.2) is 44.5 Å². The smallest absolute Gasteiger partial charge is 0.194 e. The van der Waals surface area contributed by atoms with E-state index in [1.165, 1.54) is 18.4 Å². The summed E-state index contributed by atoms with van der Waals surface area (Å²) in [6.07, 6.45) is 1.53. The second-order valence-corrected chi connectivity index (χ2v) is 5.44. The molecule has 2 aromatic rings. The molecule has 1 aromatic carbocycles. The highest BCUT2D eigenvalue weighted by atomic mass is 127. The van der Waals surface area contributed by atoms with Crippen molar-refractivity contribution in [2.45, 2.75) is 13.1 Å². The van der Waals surface area contributed by atoms with Crippen LogP contribution in [0, 0.1) is 5.82 Å². The molecule has 120 valence electrons. The quantitative estimate of drug-likeness (QED) is 0.412. The Labute approximate surface area is 154 Å². The lowest BCUT2D eigenvalue weighted by Crippen LogP contribution is -2.38. The predicted octanol–water partition coefficient (Wildman–Crippen LogP) is 3.40. The fraction of sp³-hybridized carbons (Fsp3) is 0.286. The third-order valence-electron chi connectivity index (χ3n) is 2.84. The van der Waals surface area contributed by atoms with E-state index >= 15 is 0 Å². The molecule has 22 heavy (non-hydrogen) atoms. The van der Waals surface area contributed by atoms with Crippen molar-refractivity contribution in [3.63, 3.8) is 0 Å². The lowest BCUT2D eigenvalue weighted by Gasteiger charge is -2.21. The predicted molar refractivity (Wildman–Crippen MR) is 97.7 cm³/mol. The summed E-state index contributed by atoms with van der Waals surface area (Å²) >= 11 is 3.28. The van der Waals surface area contributed by atoms with Crippen molar-refractivity contribution in [2.75, 3.05) is 14.1 Å². The maximum Gasteiger partial charge on any atom is 0.194 e. The maximum absolute atomic E-state index is 13.3. The number of aliphatic imine (C=N–C) groups is 1. The Bertz CT molecular complexity index is 601. The van der Waals surface area contributed by atoms with Gasteiger partial charge in [-0.2, -0.15) is 0 Å². The van der Waals surface area contributed by atoms with Crippen LogP contribution < -0.4 is 5.32 Å². The summed E-state index contributed by atoms with van der Waals surface area (Å²) < 4.78 is 18.8. The van der Waals surface area contributed by atoms with Gasteiger partial charge >= 0.3 is 0 Å². The molecule has 0 radical (unpaired) electrons. The van der Waals surface area contributed by atoms with Gasteiger partial charge in [0.2, 0.25) is 0 Å². The van der Waals surface area contributed by atoms with E-state index < -0.39 is 0 Å². The summed E-state index contributed by atoms with van der Waals surface area (Å²) in [6, 6.07) is 6.58. The van der Waals surface area contributed by atoms with Crippen molar-refractivity contribution in [3.05, 3.63) is 52.1 Å². The Balaban J connectivity index is 0.00000242. The van der Waals surface area contributed by atoms with Gasteiger partial charge in [-0.3, -0.25) is 4.99 Å². The standard InChI is InChI=1S/C14H16BrFN4O.HI/c1-17-14(20(2)9-13-3-4-21-19-13)18-8-10-5-11(15)7-12(16)6-10;/h3-7H,8-9H2,1-2H3,(H,17,18);1H. The highest BCUT2D eigenvalue weighted by Crippen LogP contribution is 2.14. The van der Waals surface area contributed by atoms with E-state index in [0.717, 1.165) is 11.3 Å².